The maximum atomic E-state index is 12.0. The van der Waals surface area contributed by atoms with Gasteiger partial charge in [-0.3, -0.25) is 4.79 Å². The highest BCUT2D eigenvalue weighted by Crippen LogP contribution is 2.25. The molecule has 0 spiro atoms. The summed E-state index contributed by atoms with van der Waals surface area (Å²) in [6.07, 6.45) is 1.07. The van der Waals surface area contributed by atoms with Gasteiger partial charge in [0.15, 0.2) is 9.84 Å². The highest BCUT2D eigenvalue weighted by atomic mass is 79.9. The molecule has 1 amide bonds. The summed E-state index contributed by atoms with van der Waals surface area (Å²) >= 11 is 3.23. The summed E-state index contributed by atoms with van der Waals surface area (Å²) < 4.78 is 23.6. The first-order chi connectivity index (χ1) is 8.66. The van der Waals surface area contributed by atoms with Crippen molar-refractivity contribution in [2.75, 3.05) is 6.26 Å². The van der Waals surface area contributed by atoms with Crippen LogP contribution in [-0.4, -0.2) is 26.6 Å². The van der Waals surface area contributed by atoms with E-state index in [0.717, 1.165) is 6.26 Å². The van der Waals surface area contributed by atoms with Gasteiger partial charge in [-0.05, 0) is 31.5 Å². The van der Waals surface area contributed by atoms with Gasteiger partial charge in [-0.2, -0.15) is 5.26 Å². The minimum absolute atomic E-state index is 0.0553. The Bertz CT molecular complexity index is 662. The number of carbonyl (C=O) groups excluding carboxylic acids is 1. The lowest BCUT2D eigenvalue weighted by Gasteiger charge is -2.12. The van der Waals surface area contributed by atoms with Gasteiger partial charge in [-0.1, -0.05) is 15.9 Å². The SMILES string of the molecule is Cc1c(Br)cc(S(C)(=O)=O)cc1C(=O)N[C@@H](C)C#N. The Morgan fingerprint density at radius 3 is 2.53 bits per heavy atom. The van der Waals surface area contributed by atoms with E-state index in [2.05, 4.69) is 21.2 Å². The van der Waals surface area contributed by atoms with Crippen LogP contribution in [0.1, 0.15) is 22.8 Å². The molecular weight excluding hydrogens is 332 g/mol. The van der Waals surface area contributed by atoms with Crippen LogP contribution in [0.4, 0.5) is 0 Å². The van der Waals surface area contributed by atoms with E-state index >= 15 is 0 Å². The molecule has 0 unspecified atom stereocenters. The van der Waals surface area contributed by atoms with Crippen molar-refractivity contribution in [3.8, 4) is 6.07 Å². The Kier molecular flexibility index (Phi) is 4.71. The quantitative estimate of drug-likeness (QED) is 0.905. The highest BCUT2D eigenvalue weighted by molar-refractivity contribution is 9.10. The molecule has 1 N–H and O–H groups in total. The van der Waals surface area contributed by atoms with Gasteiger partial charge in [0.25, 0.3) is 5.91 Å². The van der Waals surface area contributed by atoms with E-state index in [1.54, 1.807) is 13.8 Å². The van der Waals surface area contributed by atoms with Gasteiger partial charge < -0.3 is 5.32 Å². The smallest absolute Gasteiger partial charge is 0.252 e. The third-order valence-electron chi connectivity index (χ3n) is 2.53. The van der Waals surface area contributed by atoms with E-state index in [1.165, 1.54) is 12.1 Å². The van der Waals surface area contributed by atoms with E-state index in [4.69, 9.17) is 5.26 Å². The van der Waals surface area contributed by atoms with Gasteiger partial charge in [0, 0.05) is 16.3 Å². The lowest BCUT2D eigenvalue weighted by atomic mass is 10.1. The number of carbonyl (C=O) groups is 1. The second kappa shape index (κ2) is 5.72. The molecule has 102 valence electrons. The molecule has 1 rings (SSSR count). The fourth-order valence-corrected chi connectivity index (χ4v) is 2.69. The Balaban J connectivity index is 3.32. The van der Waals surface area contributed by atoms with Crippen LogP contribution >= 0.6 is 15.9 Å². The molecular formula is C12H13BrN2O3S. The molecule has 7 heteroatoms. The fraction of sp³-hybridized carbons (Fsp3) is 0.333. The van der Waals surface area contributed by atoms with Gasteiger partial charge in [-0.15, -0.1) is 0 Å². The van der Waals surface area contributed by atoms with Crippen molar-refractivity contribution in [3.63, 3.8) is 0 Å². The molecule has 0 saturated carbocycles. The second-order valence-corrected chi connectivity index (χ2v) is 7.04. The number of hydrogen-bond acceptors (Lipinski definition) is 4. The normalized spacial score (nSPS) is 12.6. The Labute approximate surface area is 120 Å². The van der Waals surface area contributed by atoms with Crippen LogP contribution in [-0.2, 0) is 9.84 Å². The van der Waals surface area contributed by atoms with Gasteiger partial charge in [0.05, 0.1) is 11.0 Å². The zero-order valence-corrected chi connectivity index (χ0v) is 13.1. The van der Waals surface area contributed by atoms with Crippen LogP contribution < -0.4 is 5.32 Å². The Hall–Kier alpha value is -1.39. The fourth-order valence-electron chi connectivity index (χ4n) is 1.41. The number of rotatable bonds is 3. The standard InChI is InChI=1S/C12H13BrN2O3S/c1-7(6-14)15-12(16)10-4-9(19(3,17)18)5-11(13)8(10)2/h4-5,7H,1-3H3,(H,15,16)/t7-/m0/s1. The summed E-state index contributed by atoms with van der Waals surface area (Å²) in [6.45, 7) is 3.24. The molecule has 0 aliphatic carbocycles. The zero-order valence-electron chi connectivity index (χ0n) is 10.7. The monoisotopic (exact) mass is 344 g/mol. The molecule has 0 aliphatic rings. The van der Waals surface area contributed by atoms with Gasteiger partial charge >= 0.3 is 0 Å². The molecule has 0 heterocycles. The van der Waals surface area contributed by atoms with Gasteiger partial charge in [-0.25, -0.2) is 8.42 Å². The van der Waals surface area contributed by atoms with Crippen molar-refractivity contribution in [2.24, 2.45) is 0 Å². The van der Waals surface area contributed by atoms with Crippen molar-refractivity contribution in [1.29, 1.82) is 5.26 Å². The predicted molar refractivity (Wildman–Crippen MR) is 74.5 cm³/mol. The summed E-state index contributed by atoms with van der Waals surface area (Å²) in [7, 11) is -3.41. The minimum Gasteiger partial charge on any atom is -0.337 e. The van der Waals surface area contributed by atoms with Crippen molar-refractivity contribution >= 4 is 31.7 Å². The third kappa shape index (κ3) is 3.78. The van der Waals surface area contributed by atoms with E-state index in [0.29, 0.717) is 10.0 Å². The average molecular weight is 345 g/mol. The molecule has 0 aromatic heterocycles. The molecule has 0 fully saturated rings. The molecule has 1 aromatic rings. The minimum atomic E-state index is -3.41. The molecule has 0 saturated heterocycles. The van der Waals surface area contributed by atoms with Crippen molar-refractivity contribution in [3.05, 3.63) is 27.7 Å². The zero-order chi connectivity index (χ0) is 14.8. The number of benzene rings is 1. The predicted octanol–water partition coefficient (Wildman–Crippen LogP) is 1.80. The van der Waals surface area contributed by atoms with Gasteiger partial charge in [0.2, 0.25) is 0 Å². The number of halogens is 1. The van der Waals surface area contributed by atoms with Crippen LogP contribution in [0.2, 0.25) is 0 Å². The van der Waals surface area contributed by atoms with E-state index < -0.39 is 21.8 Å². The van der Waals surface area contributed by atoms with E-state index in [9.17, 15) is 13.2 Å². The molecule has 5 nitrogen and oxygen atoms in total. The van der Waals surface area contributed by atoms with Crippen LogP contribution in [0.3, 0.4) is 0 Å². The summed E-state index contributed by atoms with van der Waals surface area (Å²) in [5, 5.41) is 11.1. The van der Waals surface area contributed by atoms with Crippen LogP contribution in [0.15, 0.2) is 21.5 Å². The van der Waals surface area contributed by atoms with Crippen LogP contribution in [0.5, 0.6) is 0 Å². The molecule has 1 atom stereocenters. The summed E-state index contributed by atoms with van der Waals surface area (Å²) in [5.74, 6) is -0.474. The van der Waals surface area contributed by atoms with Crippen LogP contribution in [0, 0.1) is 18.3 Å². The Morgan fingerprint density at radius 1 is 1.47 bits per heavy atom. The van der Waals surface area contributed by atoms with Gasteiger partial charge in [0.1, 0.15) is 6.04 Å². The van der Waals surface area contributed by atoms with Crippen LogP contribution in [0.25, 0.3) is 0 Å². The number of amides is 1. The summed E-state index contributed by atoms with van der Waals surface area (Å²) in [5.41, 5.74) is 0.854. The van der Waals surface area contributed by atoms with E-state index in [1.807, 2.05) is 6.07 Å². The van der Waals surface area contributed by atoms with Crippen molar-refractivity contribution in [2.45, 2.75) is 24.8 Å². The largest absolute Gasteiger partial charge is 0.337 e. The number of hydrogen-bond donors (Lipinski definition) is 1. The number of nitrogens with one attached hydrogen (secondary N) is 1. The number of sulfone groups is 1. The molecule has 1 aromatic carbocycles. The molecule has 19 heavy (non-hydrogen) atoms. The summed E-state index contributed by atoms with van der Waals surface area (Å²) in [4.78, 5) is 12.0. The second-order valence-electron chi connectivity index (χ2n) is 4.17. The summed E-state index contributed by atoms with van der Waals surface area (Å²) in [6, 6.07) is 4.00. The molecule has 0 aliphatic heterocycles. The van der Waals surface area contributed by atoms with E-state index in [-0.39, 0.29) is 10.5 Å². The topological polar surface area (TPSA) is 87.0 Å². The first-order valence-corrected chi connectivity index (χ1v) is 8.06. The first-order valence-electron chi connectivity index (χ1n) is 5.37. The lowest BCUT2D eigenvalue weighted by molar-refractivity contribution is 0.0947. The Morgan fingerprint density at radius 2 is 2.05 bits per heavy atom. The van der Waals surface area contributed by atoms with Crippen molar-refractivity contribution in [1.82, 2.24) is 5.32 Å². The molecule has 0 radical (unpaired) electrons. The molecule has 0 bridgehead atoms. The maximum absolute atomic E-state index is 12.0. The highest BCUT2D eigenvalue weighted by Gasteiger charge is 2.18. The van der Waals surface area contributed by atoms with Crippen molar-refractivity contribution < 1.29 is 13.2 Å². The third-order valence-corrected chi connectivity index (χ3v) is 4.45. The number of nitrogens with zero attached hydrogens (tertiary/aromatic N) is 1. The number of nitriles is 1. The lowest BCUT2D eigenvalue weighted by Crippen LogP contribution is -2.32. The average Bonchev–Trinajstić information content (AvgIpc) is 2.30. The first kappa shape index (κ1) is 15.7. The maximum Gasteiger partial charge on any atom is 0.252 e.